The van der Waals surface area contributed by atoms with Gasteiger partial charge in [-0.2, -0.15) is 0 Å². The highest BCUT2D eigenvalue weighted by atomic mass is 32.2. The zero-order chi connectivity index (χ0) is 19.6. The van der Waals surface area contributed by atoms with Crippen LogP contribution in [0.1, 0.15) is 18.3 Å². The number of anilines is 1. The molecule has 8 nitrogen and oxygen atoms in total. The molecule has 0 atom stereocenters. The SMILES string of the molecule is CCOC(=O)CN(c1cccc(C)c1)S(=O)(=O)c1ccc2nnc(C)n2c1. The van der Waals surface area contributed by atoms with Crippen LogP contribution in [0.5, 0.6) is 0 Å². The molecule has 1 aromatic carbocycles. The summed E-state index contributed by atoms with van der Waals surface area (Å²) in [6, 6.07) is 9.97. The van der Waals surface area contributed by atoms with E-state index in [2.05, 4.69) is 10.2 Å². The molecule has 0 N–H and O–H groups in total. The van der Waals surface area contributed by atoms with E-state index in [1.165, 1.54) is 12.3 Å². The summed E-state index contributed by atoms with van der Waals surface area (Å²) in [5.74, 6) is -0.0568. The van der Waals surface area contributed by atoms with Crippen molar-refractivity contribution in [3.8, 4) is 0 Å². The molecular weight excluding hydrogens is 368 g/mol. The van der Waals surface area contributed by atoms with Crippen LogP contribution in [0, 0.1) is 13.8 Å². The number of fused-ring (bicyclic) bond motifs is 1. The third-order valence-corrected chi connectivity index (χ3v) is 5.76. The normalized spacial score (nSPS) is 11.5. The Kier molecular flexibility index (Phi) is 5.13. The minimum Gasteiger partial charge on any atom is -0.465 e. The lowest BCUT2D eigenvalue weighted by atomic mass is 10.2. The first-order valence-corrected chi connectivity index (χ1v) is 9.83. The van der Waals surface area contributed by atoms with Crippen LogP contribution in [0.4, 0.5) is 5.69 Å². The number of pyridine rings is 1. The standard InChI is InChI=1S/C18H20N4O4S/c1-4-26-18(23)12-22(15-7-5-6-13(2)10-15)27(24,25)16-8-9-17-20-19-14(3)21(17)11-16/h5-11H,4,12H2,1-3H3. The van der Waals surface area contributed by atoms with Gasteiger partial charge in [-0.05, 0) is 50.6 Å². The topological polar surface area (TPSA) is 93.9 Å². The van der Waals surface area contributed by atoms with Crippen LogP contribution < -0.4 is 4.31 Å². The van der Waals surface area contributed by atoms with Gasteiger partial charge in [0.2, 0.25) is 0 Å². The Hall–Kier alpha value is -2.94. The van der Waals surface area contributed by atoms with Gasteiger partial charge in [-0.3, -0.25) is 13.5 Å². The van der Waals surface area contributed by atoms with Crippen molar-refractivity contribution in [1.82, 2.24) is 14.6 Å². The first-order chi connectivity index (χ1) is 12.8. The fraction of sp³-hybridized carbons (Fsp3) is 0.278. The molecule has 0 amide bonds. The zero-order valence-electron chi connectivity index (χ0n) is 15.3. The summed E-state index contributed by atoms with van der Waals surface area (Å²) < 4.78 is 34.3. The summed E-state index contributed by atoms with van der Waals surface area (Å²) in [6.45, 7) is 5.01. The number of hydrogen-bond acceptors (Lipinski definition) is 6. The average Bonchev–Trinajstić information content (AvgIpc) is 3.00. The van der Waals surface area contributed by atoms with Crippen LogP contribution in [0.3, 0.4) is 0 Å². The molecule has 0 saturated carbocycles. The minimum atomic E-state index is -4.01. The number of carbonyl (C=O) groups is 1. The van der Waals surface area contributed by atoms with Crippen molar-refractivity contribution in [2.75, 3.05) is 17.5 Å². The van der Waals surface area contributed by atoms with Gasteiger partial charge in [-0.1, -0.05) is 12.1 Å². The maximum absolute atomic E-state index is 13.3. The number of ether oxygens (including phenoxy) is 1. The Bertz CT molecular complexity index is 1090. The zero-order valence-corrected chi connectivity index (χ0v) is 16.1. The van der Waals surface area contributed by atoms with E-state index in [-0.39, 0.29) is 11.5 Å². The molecule has 0 radical (unpaired) electrons. The van der Waals surface area contributed by atoms with Crippen LogP contribution in [0.2, 0.25) is 0 Å². The van der Waals surface area contributed by atoms with Crippen molar-refractivity contribution in [2.45, 2.75) is 25.7 Å². The summed E-state index contributed by atoms with van der Waals surface area (Å²) in [5.41, 5.74) is 1.81. The molecule has 0 aliphatic carbocycles. The molecule has 3 rings (SSSR count). The van der Waals surface area contributed by atoms with E-state index in [4.69, 9.17) is 4.74 Å². The summed E-state index contributed by atoms with van der Waals surface area (Å²) in [4.78, 5) is 12.1. The highest BCUT2D eigenvalue weighted by Crippen LogP contribution is 2.25. The monoisotopic (exact) mass is 388 g/mol. The van der Waals surface area contributed by atoms with Gasteiger partial charge < -0.3 is 4.74 Å². The summed E-state index contributed by atoms with van der Waals surface area (Å²) in [7, 11) is -4.01. The predicted octanol–water partition coefficient (Wildman–Crippen LogP) is 2.10. The van der Waals surface area contributed by atoms with Crippen LogP contribution in [-0.2, 0) is 19.6 Å². The first kappa shape index (κ1) is 18.8. The van der Waals surface area contributed by atoms with E-state index in [1.54, 1.807) is 42.5 Å². The van der Waals surface area contributed by atoms with Gasteiger partial charge in [-0.25, -0.2) is 8.42 Å². The van der Waals surface area contributed by atoms with Crippen molar-refractivity contribution in [2.24, 2.45) is 0 Å². The van der Waals surface area contributed by atoms with Crippen LogP contribution in [0.15, 0.2) is 47.5 Å². The highest BCUT2D eigenvalue weighted by molar-refractivity contribution is 7.92. The van der Waals surface area contributed by atoms with Gasteiger partial charge in [0.1, 0.15) is 17.3 Å². The lowest BCUT2D eigenvalue weighted by Crippen LogP contribution is -2.36. The number of aryl methyl sites for hydroxylation is 2. The largest absolute Gasteiger partial charge is 0.465 e. The fourth-order valence-corrected chi connectivity index (χ4v) is 4.09. The number of rotatable bonds is 6. The molecule has 0 aliphatic heterocycles. The van der Waals surface area contributed by atoms with Gasteiger partial charge >= 0.3 is 5.97 Å². The molecule has 0 saturated heterocycles. The van der Waals surface area contributed by atoms with Gasteiger partial charge in [-0.15, -0.1) is 10.2 Å². The Labute approximate surface area is 157 Å². The van der Waals surface area contributed by atoms with Crippen molar-refractivity contribution < 1.29 is 17.9 Å². The summed E-state index contributed by atoms with van der Waals surface area (Å²) >= 11 is 0. The number of benzene rings is 1. The predicted molar refractivity (Wildman–Crippen MR) is 100 cm³/mol. The van der Waals surface area contributed by atoms with Gasteiger partial charge in [0.05, 0.1) is 12.3 Å². The van der Waals surface area contributed by atoms with Crippen LogP contribution >= 0.6 is 0 Å². The molecule has 27 heavy (non-hydrogen) atoms. The molecule has 2 heterocycles. The molecular formula is C18H20N4O4S. The third-order valence-electron chi connectivity index (χ3n) is 4.00. The Morgan fingerprint density at radius 1 is 1.19 bits per heavy atom. The Morgan fingerprint density at radius 3 is 2.67 bits per heavy atom. The lowest BCUT2D eigenvalue weighted by Gasteiger charge is -2.24. The van der Waals surface area contributed by atoms with E-state index in [0.29, 0.717) is 17.2 Å². The van der Waals surface area contributed by atoms with Crippen molar-refractivity contribution in [3.63, 3.8) is 0 Å². The van der Waals surface area contributed by atoms with E-state index in [9.17, 15) is 13.2 Å². The maximum atomic E-state index is 13.3. The fourth-order valence-electron chi connectivity index (χ4n) is 2.69. The van der Waals surface area contributed by atoms with E-state index in [0.717, 1.165) is 9.87 Å². The van der Waals surface area contributed by atoms with E-state index in [1.807, 2.05) is 13.0 Å². The van der Waals surface area contributed by atoms with Crippen molar-refractivity contribution in [3.05, 3.63) is 54.0 Å². The number of carbonyl (C=O) groups excluding carboxylic acids is 1. The van der Waals surface area contributed by atoms with Gasteiger partial charge in [0.15, 0.2) is 5.65 Å². The number of hydrogen-bond donors (Lipinski definition) is 0. The van der Waals surface area contributed by atoms with E-state index >= 15 is 0 Å². The number of aromatic nitrogens is 3. The molecule has 9 heteroatoms. The molecule has 0 fully saturated rings. The second-order valence-corrected chi connectivity index (χ2v) is 7.86. The molecule has 0 spiro atoms. The van der Waals surface area contributed by atoms with Gasteiger partial charge in [0, 0.05) is 6.20 Å². The minimum absolute atomic E-state index is 0.0312. The highest BCUT2D eigenvalue weighted by Gasteiger charge is 2.28. The van der Waals surface area contributed by atoms with Gasteiger partial charge in [0.25, 0.3) is 10.0 Å². The number of esters is 1. The first-order valence-electron chi connectivity index (χ1n) is 8.39. The summed E-state index contributed by atoms with van der Waals surface area (Å²) in [6.07, 6.45) is 1.45. The number of sulfonamides is 1. The molecule has 0 bridgehead atoms. The third kappa shape index (κ3) is 3.77. The lowest BCUT2D eigenvalue weighted by molar-refractivity contribution is -0.141. The molecule has 2 aromatic heterocycles. The molecule has 142 valence electrons. The summed E-state index contributed by atoms with van der Waals surface area (Å²) in [5, 5.41) is 7.90. The number of nitrogens with zero attached hydrogens (tertiary/aromatic N) is 4. The second-order valence-electron chi connectivity index (χ2n) is 6.00. The van der Waals surface area contributed by atoms with Crippen LogP contribution in [-0.4, -0.2) is 42.1 Å². The Morgan fingerprint density at radius 2 is 1.96 bits per heavy atom. The van der Waals surface area contributed by atoms with Crippen LogP contribution in [0.25, 0.3) is 5.65 Å². The van der Waals surface area contributed by atoms with Crippen molar-refractivity contribution in [1.29, 1.82) is 0 Å². The maximum Gasteiger partial charge on any atom is 0.326 e. The quantitative estimate of drug-likeness (QED) is 0.600. The van der Waals surface area contributed by atoms with Crippen molar-refractivity contribution >= 4 is 27.3 Å². The molecule has 0 aliphatic rings. The molecule has 3 aromatic rings. The molecule has 0 unspecified atom stereocenters. The Balaban J connectivity index is 2.10. The van der Waals surface area contributed by atoms with E-state index < -0.39 is 22.5 Å². The smallest absolute Gasteiger partial charge is 0.326 e. The average molecular weight is 388 g/mol. The second kappa shape index (κ2) is 7.36.